The monoisotopic (exact) mass is 519 g/mol. The largest absolute Gasteiger partial charge is 0.480 e. The van der Waals surface area contributed by atoms with Gasteiger partial charge in [-0.05, 0) is 36.7 Å². The number of hydrogen-bond acceptors (Lipinski definition) is 6. The number of carbonyl (C=O) groups excluding carboxylic acids is 4. The van der Waals surface area contributed by atoms with Crippen LogP contribution in [0.5, 0.6) is 0 Å². The molecule has 0 aromatic heterocycles. The highest BCUT2D eigenvalue weighted by Gasteiger charge is 2.31. The van der Waals surface area contributed by atoms with Crippen molar-refractivity contribution in [2.24, 2.45) is 23.3 Å². The molecule has 11 nitrogen and oxygen atoms in total. The van der Waals surface area contributed by atoms with Gasteiger partial charge in [-0.3, -0.25) is 19.2 Å². The molecule has 8 N–H and O–H groups in total. The third kappa shape index (κ3) is 12.4. The van der Waals surface area contributed by atoms with Gasteiger partial charge >= 0.3 is 5.97 Å². The normalized spacial score (nSPS) is 14.4. The molecule has 0 aliphatic carbocycles. The zero-order chi connectivity index (χ0) is 28.1. The van der Waals surface area contributed by atoms with Crippen molar-refractivity contribution < 1.29 is 29.1 Å². The summed E-state index contributed by atoms with van der Waals surface area (Å²) in [5.74, 6) is -3.63. The number of rotatable bonds is 16. The molecule has 0 saturated carbocycles. The molecule has 206 valence electrons. The summed E-state index contributed by atoms with van der Waals surface area (Å²) in [7, 11) is 0. The molecule has 0 aliphatic rings. The number of nitrogens with one attached hydrogen (secondary N) is 3. The average Bonchev–Trinajstić information content (AvgIpc) is 2.80. The summed E-state index contributed by atoms with van der Waals surface area (Å²) in [4.78, 5) is 62.0. The summed E-state index contributed by atoms with van der Waals surface area (Å²) in [5.41, 5.74) is 11.9. The molecule has 1 aromatic rings. The lowest BCUT2D eigenvalue weighted by molar-refractivity contribution is -0.142. The van der Waals surface area contributed by atoms with Gasteiger partial charge in [-0.2, -0.15) is 0 Å². The molecule has 4 amide bonds. The van der Waals surface area contributed by atoms with Crippen molar-refractivity contribution in [3.63, 3.8) is 0 Å². The number of amides is 4. The van der Waals surface area contributed by atoms with Crippen molar-refractivity contribution >= 4 is 29.6 Å². The summed E-state index contributed by atoms with van der Waals surface area (Å²) in [6, 6.07) is 4.48. The Morgan fingerprint density at radius 3 is 1.81 bits per heavy atom. The Balaban J connectivity index is 3.03. The van der Waals surface area contributed by atoms with Gasteiger partial charge in [-0.15, -0.1) is 0 Å². The van der Waals surface area contributed by atoms with E-state index in [2.05, 4.69) is 16.0 Å². The second-order valence-corrected chi connectivity index (χ2v) is 10.1. The van der Waals surface area contributed by atoms with Crippen LogP contribution in [0.4, 0.5) is 0 Å². The van der Waals surface area contributed by atoms with Crippen LogP contribution in [0.25, 0.3) is 0 Å². The van der Waals surface area contributed by atoms with Gasteiger partial charge in [0.1, 0.15) is 18.1 Å². The van der Waals surface area contributed by atoms with Crippen molar-refractivity contribution in [2.75, 3.05) is 0 Å². The minimum Gasteiger partial charge on any atom is -0.480 e. The van der Waals surface area contributed by atoms with Gasteiger partial charge in [0.15, 0.2) is 0 Å². The van der Waals surface area contributed by atoms with E-state index < -0.39 is 53.8 Å². The van der Waals surface area contributed by atoms with E-state index in [9.17, 15) is 29.1 Å². The fourth-order valence-corrected chi connectivity index (χ4v) is 3.75. The fourth-order valence-electron chi connectivity index (χ4n) is 3.75. The molecule has 0 saturated heterocycles. The summed E-state index contributed by atoms with van der Waals surface area (Å²) >= 11 is 0. The lowest BCUT2D eigenvalue weighted by Gasteiger charge is -2.26. The molecule has 0 heterocycles. The Hall–Kier alpha value is -3.47. The van der Waals surface area contributed by atoms with E-state index in [1.807, 2.05) is 27.7 Å². The molecule has 0 radical (unpaired) electrons. The van der Waals surface area contributed by atoms with Crippen molar-refractivity contribution in [1.29, 1.82) is 0 Å². The molecule has 0 spiro atoms. The Labute approximate surface area is 218 Å². The fraction of sp³-hybridized carbons (Fsp3) is 0.577. The molecule has 0 fully saturated rings. The first-order valence-corrected chi connectivity index (χ1v) is 12.5. The summed E-state index contributed by atoms with van der Waals surface area (Å²) in [5, 5.41) is 17.3. The van der Waals surface area contributed by atoms with Crippen LogP contribution in [0.3, 0.4) is 0 Å². The summed E-state index contributed by atoms with van der Waals surface area (Å²) in [6.07, 6.45) is 0.387. The Bertz CT molecular complexity index is 921. The molecule has 4 atom stereocenters. The zero-order valence-electron chi connectivity index (χ0n) is 22.0. The highest BCUT2D eigenvalue weighted by molar-refractivity contribution is 5.94. The van der Waals surface area contributed by atoms with E-state index in [1.165, 1.54) is 0 Å². The van der Waals surface area contributed by atoms with Crippen LogP contribution in [-0.4, -0.2) is 58.9 Å². The van der Waals surface area contributed by atoms with Gasteiger partial charge in [-0.25, -0.2) is 4.79 Å². The quantitative estimate of drug-likeness (QED) is 0.182. The molecule has 1 rings (SSSR count). The topological polar surface area (TPSA) is 194 Å². The second kappa shape index (κ2) is 15.6. The van der Waals surface area contributed by atoms with Gasteiger partial charge in [0.25, 0.3) is 0 Å². The maximum Gasteiger partial charge on any atom is 0.326 e. The number of aliphatic carboxylic acids is 1. The zero-order valence-corrected chi connectivity index (χ0v) is 22.0. The molecule has 37 heavy (non-hydrogen) atoms. The molecular formula is C26H41N5O6. The number of carboxylic acids is 1. The Morgan fingerprint density at radius 1 is 0.784 bits per heavy atom. The highest BCUT2D eigenvalue weighted by atomic mass is 16.4. The van der Waals surface area contributed by atoms with Crippen molar-refractivity contribution in [3.8, 4) is 0 Å². The molecule has 11 heteroatoms. The van der Waals surface area contributed by atoms with Crippen LogP contribution in [0, 0.1) is 11.8 Å². The van der Waals surface area contributed by atoms with Gasteiger partial charge in [0.05, 0.1) is 6.04 Å². The lowest BCUT2D eigenvalue weighted by Crippen LogP contribution is -2.57. The van der Waals surface area contributed by atoms with Crippen molar-refractivity contribution in [3.05, 3.63) is 35.9 Å². The predicted octanol–water partition coefficient (Wildman–Crippen LogP) is 0.453. The third-order valence-electron chi connectivity index (χ3n) is 5.61. The van der Waals surface area contributed by atoms with Gasteiger partial charge in [-0.1, -0.05) is 58.0 Å². The number of nitrogens with two attached hydrogens (primary N) is 2. The van der Waals surface area contributed by atoms with Crippen LogP contribution in [0.2, 0.25) is 0 Å². The van der Waals surface area contributed by atoms with Crippen molar-refractivity contribution in [2.45, 2.75) is 84.0 Å². The van der Waals surface area contributed by atoms with Crippen molar-refractivity contribution in [1.82, 2.24) is 16.0 Å². The standard InChI is InChI=1S/C26H41N5O6/c1-15(2)12-18(27)23(33)30-20(13-16(3)4)25(35)29-19(10-11-22(28)32)24(34)31-21(26(36)37)14-17-8-6-5-7-9-17/h5-9,15-16,18-21H,10-14,27H2,1-4H3,(H2,28,32)(H,29,35)(H,30,33)(H,31,34)(H,36,37). The van der Waals surface area contributed by atoms with E-state index in [4.69, 9.17) is 11.5 Å². The van der Waals surface area contributed by atoms with Crippen LogP contribution in [-0.2, 0) is 30.4 Å². The van der Waals surface area contributed by atoms with Crippen LogP contribution < -0.4 is 27.4 Å². The first-order chi connectivity index (χ1) is 17.3. The van der Waals surface area contributed by atoms with E-state index in [-0.39, 0.29) is 37.5 Å². The van der Waals surface area contributed by atoms with E-state index in [0.29, 0.717) is 12.0 Å². The number of primary amides is 1. The van der Waals surface area contributed by atoms with E-state index in [1.54, 1.807) is 30.3 Å². The maximum atomic E-state index is 13.2. The smallest absolute Gasteiger partial charge is 0.326 e. The highest BCUT2D eigenvalue weighted by Crippen LogP contribution is 2.10. The first kappa shape index (κ1) is 31.6. The minimum atomic E-state index is -1.26. The Kier molecular flexibility index (Phi) is 13.3. The van der Waals surface area contributed by atoms with Gasteiger partial charge in [0, 0.05) is 12.8 Å². The average molecular weight is 520 g/mol. The number of benzene rings is 1. The maximum absolute atomic E-state index is 13.2. The predicted molar refractivity (Wildman–Crippen MR) is 139 cm³/mol. The van der Waals surface area contributed by atoms with Gasteiger partial charge < -0.3 is 32.5 Å². The van der Waals surface area contributed by atoms with Crippen LogP contribution in [0.15, 0.2) is 30.3 Å². The van der Waals surface area contributed by atoms with E-state index >= 15 is 0 Å². The minimum absolute atomic E-state index is 0.0255. The molecular weight excluding hydrogens is 478 g/mol. The lowest BCUT2D eigenvalue weighted by atomic mass is 10.00. The van der Waals surface area contributed by atoms with Crippen LogP contribution >= 0.6 is 0 Å². The SMILES string of the molecule is CC(C)CC(N)C(=O)NC(CC(C)C)C(=O)NC(CCC(N)=O)C(=O)NC(Cc1ccccc1)C(=O)O. The number of carbonyl (C=O) groups is 5. The molecule has 4 unspecified atom stereocenters. The third-order valence-corrected chi connectivity index (χ3v) is 5.61. The molecule has 0 bridgehead atoms. The number of hydrogen-bond donors (Lipinski definition) is 6. The first-order valence-electron chi connectivity index (χ1n) is 12.5. The van der Waals surface area contributed by atoms with Gasteiger partial charge in [0.2, 0.25) is 23.6 Å². The Morgan fingerprint density at radius 2 is 1.30 bits per heavy atom. The number of carboxylic acid groups (broad SMARTS) is 1. The summed E-state index contributed by atoms with van der Waals surface area (Å²) in [6.45, 7) is 7.60. The van der Waals surface area contributed by atoms with E-state index in [0.717, 1.165) is 0 Å². The summed E-state index contributed by atoms with van der Waals surface area (Å²) < 4.78 is 0. The molecule has 0 aliphatic heterocycles. The van der Waals surface area contributed by atoms with Crippen LogP contribution in [0.1, 0.15) is 58.9 Å². The molecule has 1 aromatic carbocycles. The second-order valence-electron chi connectivity index (χ2n) is 10.1.